The van der Waals surface area contributed by atoms with E-state index < -0.39 is 0 Å². The molecule has 1 atom stereocenters. The molecule has 0 bridgehead atoms. The molecule has 1 aliphatic rings. The van der Waals surface area contributed by atoms with Gasteiger partial charge in [0.05, 0.1) is 11.6 Å². The Morgan fingerprint density at radius 2 is 2.07 bits per heavy atom. The van der Waals surface area contributed by atoms with Gasteiger partial charge in [-0.1, -0.05) is 0 Å². The van der Waals surface area contributed by atoms with Crippen molar-refractivity contribution in [1.29, 1.82) is 0 Å². The van der Waals surface area contributed by atoms with Gasteiger partial charge in [0.25, 0.3) is 0 Å². The van der Waals surface area contributed by atoms with Gasteiger partial charge in [-0.3, -0.25) is 20.0 Å². The molecule has 0 saturated carbocycles. The molecule has 1 saturated heterocycles. The van der Waals surface area contributed by atoms with Crippen molar-refractivity contribution >= 4 is 11.8 Å². The van der Waals surface area contributed by atoms with Gasteiger partial charge in [-0.05, 0) is 25.8 Å². The van der Waals surface area contributed by atoms with Gasteiger partial charge in [-0.25, -0.2) is 0 Å². The van der Waals surface area contributed by atoms with E-state index in [4.69, 9.17) is 0 Å². The van der Waals surface area contributed by atoms with Crippen LogP contribution in [0.15, 0.2) is 0 Å². The van der Waals surface area contributed by atoms with Crippen molar-refractivity contribution in [2.45, 2.75) is 32.6 Å². The highest BCUT2D eigenvalue weighted by Crippen LogP contribution is 2.26. The largest absolute Gasteiger partial charge is 0.296 e. The molecule has 15 heavy (non-hydrogen) atoms. The van der Waals surface area contributed by atoms with Crippen LogP contribution in [-0.4, -0.2) is 22.0 Å². The fraction of sp³-hybridized carbons (Fsp3) is 0.500. The van der Waals surface area contributed by atoms with Gasteiger partial charge in [-0.15, -0.1) is 0 Å². The Labute approximate surface area is 87.3 Å². The zero-order chi connectivity index (χ0) is 11.0. The Balaban J connectivity index is 2.28. The number of H-pyrrole nitrogens is 1. The predicted octanol–water partition coefficient (Wildman–Crippen LogP) is 0.547. The summed E-state index contributed by atoms with van der Waals surface area (Å²) in [5, 5.41) is 9.30. The molecule has 1 fully saturated rings. The molecule has 1 aliphatic heterocycles. The molecule has 1 unspecified atom stereocenters. The fourth-order valence-corrected chi connectivity index (χ4v) is 1.80. The number of rotatable bonds is 1. The van der Waals surface area contributed by atoms with E-state index in [1.54, 1.807) is 0 Å². The van der Waals surface area contributed by atoms with Crippen LogP contribution >= 0.6 is 0 Å². The summed E-state index contributed by atoms with van der Waals surface area (Å²) in [6.45, 7) is 3.84. The zero-order valence-electron chi connectivity index (χ0n) is 8.76. The highest BCUT2D eigenvalue weighted by Gasteiger charge is 2.30. The van der Waals surface area contributed by atoms with Crippen LogP contribution in [0.25, 0.3) is 0 Å². The van der Waals surface area contributed by atoms with E-state index >= 15 is 0 Å². The Morgan fingerprint density at radius 3 is 2.60 bits per heavy atom. The monoisotopic (exact) mass is 207 g/mol. The Hall–Kier alpha value is -1.65. The molecule has 1 aromatic rings. The van der Waals surface area contributed by atoms with Gasteiger partial charge in [0.15, 0.2) is 0 Å². The third kappa shape index (κ3) is 1.65. The number of aromatic nitrogens is 2. The molecule has 5 nitrogen and oxygen atoms in total. The van der Waals surface area contributed by atoms with E-state index in [-0.39, 0.29) is 17.7 Å². The lowest BCUT2D eigenvalue weighted by Gasteiger charge is -2.19. The van der Waals surface area contributed by atoms with Gasteiger partial charge < -0.3 is 0 Å². The van der Waals surface area contributed by atoms with E-state index in [1.165, 1.54) is 0 Å². The Morgan fingerprint density at radius 1 is 1.33 bits per heavy atom. The van der Waals surface area contributed by atoms with E-state index in [0.717, 1.165) is 17.0 Å². The van der Waals surface area contributed by atoms with Crippen LogP contribution in [0.4, 0.5) is 0 Å². The number of hydrogen-bond donors (Lipinski definition) is 2. The first-order valence-electron chi connectivity index (χ1n) is 4.94. The van der Waals surface area contributed by atoms with Crippen LogP contribution in [0.1, 0.15) is 35.7 Å². The van der Waals surface area contributed by atoms with E-state index in [2.05, 4.69) is 15.5 Å². The lowest BCUT2D eigenvalue weighted by atomic mass is 9.92. The minimum atomic E-state index is -0.285. The number of piperidine rings is 1. The van der Waals surface area contributed by atoms with E-state index in [0.29, 0.717) is 12.8 Å². The van der Waals surface area contributed by atoms with Crippen molar-refractivity contribution in [1.82, 2.24) is 15.5 Å². The molecule has 2 amide bonds. The van der Waals surface area contributed by atoms with Gasteiger partial charge >= 0.3 is 0 Å². The highest BCUT2D eigenvalue weighted by molar-refractivity contribution is 6.00. The van der Waals surface area contributed by atoms with Crippen LogP contribution in [0.5, 0.6) is 0 Å². The van der Waals surface area contributed by atoms with Gasteiger partial charge in [0.2, 0.25) is 11.8 Å². The van der Waals surface area contributed by atoms with Crippen molar-refractivity contribution in [2.75, 3.05) is 0 Å². The van der Waals surface area contributed by atoms with Gasteiger partial charge in [-0.2, -0.15) is 5.10 Å². The maximum Gasteiger partial charge on any atom is 0.235 e. The summed E-state index contributed by atoms with van der Waals surface area (Å²) >= 11 is 0. The predicted molar refractivity (Wildman–Crippen MR) is 53.2 cm³/mol. The van der Waals surface area contributed by atoms with Crippen molar-refractivity contribution in [2.24, 2.45) is 0 Å². The lowest BCUT2D eigenvalue weighted by Crippen LogP contribution is -2.39. The van der Waals surface area contributed by atoms with Gasteiger partial charge in [0.1, 0.15) is 0 Å². The van der Waals surface area contributed by atoms with Crippen LogP contribution < -0.4 is 5.32 Å². The first-order valence-corrected chi connectivity index (χ1v) is 4.94. The molecule has 2 heterocycles. The second kappa shape index (κ2) is 3.49. The first kappa shape index (κ1) is 9.89. The van der Waals surface area contributed by atoms with Crippen LogP contribution in [-0.2, 0) is 9.59 Å². The summed E-state index contributed by atoms with van der Waals surface area (Å²) in [5.41, 5.74) is 2.73. The third-order valence-electron chi connectivity index (χ3n) is 2.86. The second-order valence-corrected chi connectivity index (χ2v) is 3.86. The molecule has 1 aromatic heterocycles. The van der Waals surface area contributed by atoms with Gasteiger partial charge in [0, 0.05) is 12.1 Å². The Bertz CT molecular complexity index is 422. The lowest BCUT2D eigenvalue weighted by molar-refractivity contribution is -0.134. The summed E-state index contributed by atoms with van der Waals surface area (Å²) in [6, 6.07) is 0. The summed E-state index contributed by atoms with van der Waals surface area (Å²) < 4.78 is 0. The first-order chi connectivity index (χ1) is 7.09. The molecule has 0 spiro atoms. The molecular weight excluding hydrogens is 194 g/mol. The average molecular weight is 207 g/mol. The zero-order valence-corrected chi connectivity index (χ0v) is 8.76. The fourth-order valence-electron chi connectivity index (χ4n) is 1.80. The molecular formula is C10H13N3O2. The number of aromatic amines is 1. The van der Waals surface area contributed by atoms with E-state index in [1.807, 2.05) is 13.8 Å². The minimum Gasteiger partial charge on any atom is -0.296 e. The van der Waals surface area contributed by atoms with Crippen molar-refractivity contribution in [3.63, 3.8) is 0 Å². The average Bonchev–Trinajstić information content (AvgIpc) is 2.49. The van der Waals surface area contributed by atoms with Crippen molar-refractivity contribution in [3.05, 3.63) is 17.0 Å². The third-order valence-corrected chi connectivity index (χ3v) is 2.86. The number of carbonyl (C=O) groups excluding carboxylic acids is 2. The van der Waals surface area contributed by atoms with Crippen LogP contribution in [0, 0.1) is 13.8 Å². The maximum absolute atomic E-state index is 11.6. The number of amides is 2. The van der Waals surface area contributed by atoms with Crippen LogP contribution in [0.2, 0.25) is 0 Å². The number of nitrogens with zero attached hydrogens (tertiary/aromatic N) is 1. The smallest absolute Gasteiger partial charge is 0.235 e. The quantitative estimate of drug-likeness (QED) is 0.660. The SMILES string of the molecule is Cc1[nH]nc(C2CCC(=O)NC2=O)c1C. The molecule has 2 N–H and O–H groups in total. The number of carbonyl (C=O) groups is 2. The summed E-state index contributed by atoms with van der Waals surface area (Å²) in [4.78, 5) is 22.6. The number of nitrogens with one attached hydrogen (secondary N) is 2. The highest BCUT2D eigenvalue weighted by atomic mass is 16.2. The molecule has 0 aliphatic carbocycles. The molecule has 0 aromatic carbocycles. The van der Waals surface area contributed by atoms with E-state index in [9.17, 15) is 9.59 Å². The molecule has 80 valence electrons. The molecule has 5 heteroatoms. The minimum absolute atomic E-state index is 0.193. The Kier molecular flexibility index (Phi) is 2.30. The van der Waals surface area contributed by atoms with Crippen molar-refractivity contribution < 1.29 is 9.59 Å². The standard InChI is InChI=1S/C10H13N3O2/c1-5-6(2)12-13-9(5)7-3-4-8(14)11-10(7)15/h7H,3-4H2,1-2H3,(H,12,13)(H,11,14,15). The molecule has 2 rings (SSSR count). The topological polar surface area (TPSA) is 74.8 Å². The summed E-state index contributed by atoms with van der Waals surface area (Å²) in [5.74, 6) is -0.713. The number of hydrogen-bond acceptors (Lipinski definition) is 3. The van der Waals surface area contributed by atoms with Crippen LogP contribution in [0.3, 0.4) is 0 Å². The summed E-state index contributed by atoms with van der Waals surface area (Å²) in [7, 11) is 0. The molecule has 0 radical (unpaired) electrons. The number of aryl methyl sites for hydroxylation is 1. The maximum atomic E-state index is 11.6. The second-order valence-electron chi connectivity index (χ2n) is 3.86. The number of imide groups is 1. The normalized spacial score (nSPS) is 21.6. The summed E-state index contributed by atoms with van der Waals surface area (Å²) in [6.07, 6.45) is 0.942. The van der Waals surface area contributed by atoms with Crippen molar-refractivity contribution in [3.8, 4) is 0 Å².